The van der Waals surface area contributed by atoms with Gasteiger partial charge in [-0.2, -0.15) is 0 Å². The van der Waals surface area contributed by atoms with Crippen molar-refractivity contribution >= 4 is 16.1 Å². The van der Waals surface area contributed by atoms with Crippen LogP contribution in [0, 0.1) is 5.21 Å². The summed E-state index contributed by atoms with van der Waals surface area (Å²) < 4.78 is 23.2. The third kappa shape index (κ3) is 3.81. The molecule has 0 aromatic carbocycles. The van der Waals surface area contributed by atoms with Gasteiger partial charge in [0.05, 0.1) is 5.56 Å². The summed E-state index contributed by atoms with van der Waals surface area (Å²) in [5.41, 5.74) is 0.0394. The van der Waals surface area contributed by atoms with Gasteiger partial charge in [0.2, 0.25) is 0 Å². The van der Waals surface area contributed by atoms with Gasteiger partial charge in [-0.1, -0.05) is 0 Å². The van der Waals surface area contributed by atoms with Crippen LogP contribution in [0.1, 0.15) is 26.3 Å². The Morgan fingerprint density at radius 2 is 1.94 bits per heavy atom. The molecule has 0 aliphatic rings. The van der Waals surface area contributed by atoms with Gasteiger partial charge >= 0.3 is 0 Å². The number of hydrogen-bond donors (Lipinski definition) is 0. The summed E-state index contributed by atoms with van der Waals surface area (Å²) in [5.74, 6) is 0. The molecule has 0 unspecified atom stereocenters. The topological polar surface area (TPSA) is 73.1 Å². The lowest BCUT2D eigenvalue weighted by molar-refractivity contribution is -0.530. The zero-order chi connectivity index (χ0) is 13.3. The molecule has 1 heterocycles. The maximum atomic E-state index is 11.6. The molecule has 0 fully saturated rings. The minimum atomic E-state index is -3.29. The highest BCUT2D eigenvalue weighted by atomic mass is 32.2. The lowest BCUT2D eigenvalue weighted by Gasteiger charge is -2.18. The van der Waals surface area contributed by atoms with E-state index in [0.717, 1.165) is 11.0 Å². The Hall–Kier alpha value is -1.43. The Morgan fingerprint density at radius 3 is 2.29 bits per heavy atom. The number of pyridine rings is 1. The highest BCUT2D eigenvalue weighted by molar-refractivity contribution is 7.90. The molecule has 0 N–H and O–H groups in total. The van der Waals surface area contributed by atoms with Gasteiger partial charge in [0, 0.05) is 33.2 Å². The molecule has 5 nitrogen and oxygen atoms in total. The third-order valence-corrected chi connectivity index (χ3v) is 3.07. The summed E-state index contributed by atoms with van der Waals surface area (Å²) in [6.07, 6.45) is 3.85. The van der Waals surface area contributed by atoms with Crippen LogP contribution in [0.5, 0.6) is 0 Å². The van der Waals surface area contributed by atoms with E-state index in [9.17, 15) is 13.6 Å². The van der Waals surface area contributed by atoms with Crippen molar-refractivity contribution in [2.24, 2.45) is 0 Å². The fourth-order valence-electron chi connectivity index (χ4n) is 1.02. The molecule has 0 aliphatic carbocycles. The molecule has 0 spiro atoms. The van der Waals surface area contributed by atoms with Gasteiger partial charge in [-0.25, -0.2) is 18.1 Å². The van der Waals surface area contributed by atoms with Crippen molar-refractivity contribution in [3.63, 3.8) is 0 Å². The Bertz CT molecular complexity index is 525. The SMILES string of the molecule is CC(C)(C)/[N+]([O-])=C/c1ccc(S(C)(=O)=O)nc1. The summed E-state index contributed by atoms with van der Waals surface area (Å²) in [4.78, 5) is 3.80. The summed E-state index contributed by atoms with van der Waals surface area (Å²) >= 11 is 0. The van der Waals surface area contributed by atoms with Crippen molar-refractivity contribution in [1.29, 1.82) is 0 Å². The quantitative estimate of drug-likeness (QED) is 0.345. The number of sulfone groups is 1. The predicted molar refractivity (Wildman–Crippen MR) is 65.9 cm³/mol. The van der Waals surface area contributed by atoms with Gasteiger partial charge in [-0.3, -0.25) is 0 Å². The Labute approximate surface area is 101 Å². The average molecular weight is 256 g/mol. The van der Waals surface area contributed by atoms with E-state index in [-0.39, 0.29) is 5.03 Å². The van der Waals surface area contributed by atoms with Crippen molar-refractivity contribution in [2.45, 2.75) is 31.3 Å². The fraction of sp³-hybridized carbons (Fsp3) is 0.455. The minimum absolute atomic E-state index is 0.00265. The Morgan fingerprint density at radius 1 is 1.35 bits per heavy atom. The van der Waals surface area contributed by atoms with Crippen LogP contribution >= 0.6 is 0 Å². The Kier molecular flexibility index (Phi) is 3.56. The molecule has 0 saturated carbocycles. The van der Waals surface area contributed by atoms with Crippen LogP contribution in [0.3, 0.4) is 0 Å². The van der Waals surface area contributed by atoms with Crippen LogP contribution < -0.4 is 0 Å². The molecule has 0 atom stereocenters. The zero-order valence-corrected chi connectivity index (χ0v) is 11.2. The van der Waals surface area contributed by atoms with Gasteiger partial charge in [0.25, 0.3) is 0 Å². The summed E-state index contributed by atoms with van der Waals surface area (Å²) in [7, 11) is -3.29. The second-order valence-corrected chi connectivity index (χ2v) is 6.79. The lowest BCUT2D eigenvalue weighted by Crippen LogP contribution is -2.29. The summed E-state index contributed by atoms with van der Waals surface area (Å²) in [6.45, 7) is 5.36. The van der Waals surface area contributed by atoms with Gasteiger partial charge in [0.15, 0.2) is 26.6 Å². The van der Waals surface area contributed by atoms with Crippen molar-refractivity contribution < 1.29 is 13.2 Å². The molecule has 0 aliphatic heterocycles. The predicted octanol–water partition coefficient (Wildman–Crippen LogP) is 1.21. The molecule has 0 amide bonds. The van der Waals surface area contributed by atoms with Gasteiger partial charge < -0.3 is 5.21 Å². The molecule has 0 radical (unpaired) electrons. The van der Waals surface area contributed by atoms with E-state index in [1.54, 1.807) is 26.8 Å². The molecule has 1 aromatic heterocycles. The van der Waals surface area contributed by atoms with Crippen LogP contribution in [-0.4, -0.2) is 36.1 Å². The first-order chi connectivity index (χ1) is 7.60. The molecule has 1 rings (SSSR count). The van der Waals surface area contributed by atoms with E-state index >= 15 is 0 Å². The van der Waals surface area contributed by atoms with Crippen LogP contribution in [-0.2, 0) is 9.84 Å². The maximum Gasteiger partial charge on any atom is 0.192 e. The lowest BCUT2D eigenvalue weighted by atomic mass is 10.1. The van der Waals surface area contributed by atoms with E-state index in [1.807, 2.05) is 0 Å². The minimum Gasteiger partial charge on any atom is -0.623 e. The molecular formula is C11H16N2O3S. The molecular weight excluding hydrogens is 240 g/mol. The van der Waals surface area contributed by atoms with Gasteiger partial charge in [-0.05, 0) is 12.1 Å². The van der Waals surface area contributed by atoms with E-state index in [0.29, 0.717) is 5.56 Å². The summed E-state index contributed by atoms with van der Waals surface area (Å²) in [6, 6.07) is 2.94. The average Bonchev–Trinajstić information content (AvgIpc) is 2.15. The highest BCUT2D eigenvalue weighted by Crippen LogP contribution is 2.08. The molecule has 94 valence electrons. The number of nitrogens with zero attached hydrogens (tertiary/aromatic N) is 2. The van der Waals surface area contributed by atoms with Gasteiger partial charge in [-0.15, -0.1) is 0 Å². The van der Waals surface area contributed by atoms with Crippen molar-refractivity contribution in [3.8, 4) is 0 Å². The molecule has 0 bridgehead atoms. The fourth-order valence-corrected chi connectivity index (χ4v) is 1.58. The Balaban J connectivity index is 3.06. The van der Waals surface area contributed by atoms with Crippen molar-refractivity contribution in [1.82, 2.24) is 4.98 Å². The van der Waals surface area contributed by atoms with Crippen LogP contribution in [0.25, 0.3) is 0 Å². The first-order valence-electron chi connectivity index (χ1n) is 5.08. The first kappa shape index (κ1) is 13.6. The zero-order valence-electron chi connectivity index (χ0n) is 10.3. The number of rotatable bonds is 2. The molecule has 1 aromatic rings. The largest absolute Gasteiger partial charge is 0.623 e. The molecule has 17 heavy (non-hydrogen) atoms. The van der Waals surface area contributed by atoms with Crippen LogP contribution in [0.4, 0.5) is 0 Å². The van der Waals surface area contributed by atoms with Crippen molar-refractivity contribution in [3.05, 3.63) is 29.1 Å². The van der Waals surface area contributed by atoms with Gasteiger partial charge in [0.1, 0.15) is 0 Å². The highest BCUT2D eigenvalue weighted by Gasteiger charge is 2.18. The molecule has 6 heteroatoms. The van der Waals surface area contributed by atoms with Crippen molar-refractivity contribution in [2.75, 3.05) is 6.26 Å². The standard InChI is InChI=1S/C11H16N2O3S/c1-11(2,3)13(14)8-9-5-6-10(12-7-9)17(4,15)16/h5-8H,1-4H3/b13-8-. The number of hydrogen-bond acceptors (Lipinski definition) is 4. The second-order valence-electron chi connectivity index (χ2n) is 4.83. The number of hydroxylamine groups is 1. The summed E-state index contributed by atoms with van der Waals surface area (Å²) in [5, 5.41) is 11.6. The van der Waals surface area contributed by atoms with Crippen LogP contribution in [0.15, 0.2) is 23.4 Å². The monoisotopic (exact) mass is 256 g/mol. The van der Waals surface area contributed by atoms with E-state index in [1.165, 1.54) is 18.5 Å². The maximum absolute atomic E-state index is 11.6. The third-order valence-electron chi connectivity index (χ3n) is 2.07. The number of aromatic nitrogens is 1. The first-order valence-corrected chi connectivity index (χ1v) is 6.97. The second kappa shape index (κ2) is 4.44. The molecule has 0 saturated heterocycles. The van der Waals surface area contributed by atoms with E-state index in [2.05, 4.69) is 4.98 Å². The smallest absolute Gasteiger partial charge is 0.192 e. The normalized spacial score (nSPS) is 13.8. The van der Waals surface area contributed by atoms with Crippen LogP contribution in [0.2, 0.25) is 0 Å². The van der Waals surface area contributed by atoms with E-state index < -0.39 is 15.4 Å². The van der Waals surface area contributed by atoms with E-state index in [4.69, 9.17) is 0 Å².